The van der Waals surface area contributed by atoms with Crippen molar-refractivity contribution < 1.29 is 18.8 Å². The highest BCUT2D eigenvalue weighted by Crippen LogP contribution is 2.30. The predicted molar refractivity (Wildman–Crippen MR) is 154 cm³/mol. The number of aromatic amines is 1. The topological polar surface area (TPSA) is 113 Å². The van der Waals surface area contributed by atoms with Gasteiger partial charge in [-0.05, 0) is 68.3 Å². The number of hydrogen-bond donors (Lipinski definition) is 2. The van der Waals surface area contributed by atoms with Crippen LogP contribution >= 0.6 is 0 Å². The summed E-state index contributed by atoms with van der Waals surface area (Å²) in [7, 11) is 0. The predicted octanol–water partition coefficient (Wildman–Crippen LogP) is 4.98. The van der Waals surface area contributed by atoms with E-state index >= 15 is 0 Å². The Hall–Kier alpha value is -4.86. The number of Topliss-reactive ketones (excluding diaryl/α,β-unsaturated/α-hetero) is 1. The number of ketones is 1. The first-order valence-corrected chi connectivity index (χ1v) is 13.4. The second kappa shape index (κ2) is 10.3. The van der Waals surface area contributed by atoms with Crippen molar-refractivity contribution >= 4 is 45.1 Å². The van der Waals surface area contributed by atoms with E-state index in [1.54, 1.807) is 29.2 Å². The number of nitrogens with zero attached hydrogens (tertiary/aromatic N) is 4. The number of benzene rings is 2. The van der Waals surface area contributed by atoms with Gasteiger partial charge in [0.15, 0.2) is 5.78 Å². The van der Waals surface area contributed by atoms with E-state index in [2.05, 4.69) is 20.5 Å². The van der Waals surface area contributed by atoms with Crippen LogP contribution in [0.4, 0.5) is 10.1 Å². The normalized spacial score (nSPS) is 16.9. The molecule has 0 saturated carbocycles. The molecule has 2 amide bonds. The Bertz CT molecular complexity index is 1830. The number of fused-ring (bicyclic) bond motifs is 2. The van der Waals surface area contributed by atoms with E-state index in [0.717, 1.165) is 33.3 Å². The molecule has 1 unspecified atom stereocenters. The van der Waals surface area contributed by atoms with Crippen molar-refractivity contribution in [2.45, 2.75) is 46.0 Å². The Labute approximate surface area is 235 Å². The van der Waals surface area contributed by atoms with Gasteiger partial charge in [0.2, 0.25) is 11.8 Å². The van der Waals surface area contributed by atoms with Gasteiger partial charge in [-0.25, -0.2) is 4.39 Å². The van der Waals surface area contributed by atoms with Crippen molar-refractivity contribution in [3.63, 3.8) is 0 Å². The molecule has 0 spiro atoms. The third-order valence-corrected chi connectivity index (χ3v) is 7.93. The number of likely N-dealkylation sites (tertiary alicyclic amines) is 1. The summed E-state index contributed by atoms with van der Waals surface area (Å²) in [5.41, 5.74) is 6.56. The first-order valence-electron chi connectivity index (χ1n) is 13.4. The maximum atomic E-state index is 14.6. The van der Waals surface area contributed by atoms with Gasteiger partial charge in [-0.15, -0.1) is 0 Å². The molecular formula is C31H29FN6O3. The van der Waals surface area contributed by atoms with Crippen LogP contribution < -0.4 is 5.32 Å². The maximum Gasteiger partial charge on any atom is 0.247 e. The van der Waals surface area contributed by atoms with Crippen LogP contribution in [0.25, 0.3) is 32.9 Å². The van der Waals surface area contributed by atoms with E-state index in [1.165, 1.54) is 11.8 Å². The Morgan fingerprint density at radius 1 is 1.05 bits per heavy atom. The average molecular weight is 553 g/mol. The largest absolute Gasteiger partial charge is 0.358 e. The van der Waals surface area contributed by atoms with Crippen LogP contribution in [0, 0.1) is 13.8 Å². The van der Waals surface area contributed by atoms with Crippen LogP contribution in [-0.2, 0) is 16.1 Å². The summed E-state index contributed by atoms with van der Waals surface area (Å²) >= 11 is 0. The molecular weight excluding hydrogens is 523 g/mol. The van der Waals surface area contributed by atoms with E-state index in [0.29, 0.717) is 22.2 Å². The lowest BCUT2D eigenvalue weighted by Gasteiger charge is -2.24. The first kappa shape index (κ1) is 26.4. The van der Waals surface area contributed by atoms with Gasteiger partial charge < -0.3 is 19.8 Å². The molecule has 2 N–H and O–H groups in total. The van der Waals surface area contributed by atoms with Gasteiger partial charge in [0.25, 0.3) is 0 Å². The molecule has 1 fully saturated rings. The minimum atomic E-state index is -1.31. The number of carbonyl (C=O) groups excluding carboxylic acids is 3. The fourth-order valence-corrected chi connectivity index (χ4v) is 5.66. The number of H-pyrrole nitrogens is 1. The molecule has 5 aromatic rings. The highest BCUT2D eigenvalue weighted by Gasteiger charge is 2.40. The molecule has 3 aromatic heterocycles. The van der Waals surface area contributed by atoms with Gasteiger partial charge in [0.05, 0.1) is 18.9 Å². The van der Waals surface area contributed by atoms with Crippen LogP contribution in [0.2, 0.25) is 0 Å². The van der Waals surface area contributed by atoms with E-state index < -0.39 is 24.0 Å². The zero-order chi connectivity index (χ0) is 28.8. The van der Waals surface area contributed by atoms with Gasteiger partial charge in [-0.1, -0.05) is 6.07 Å². The smallest absolute Gasteiger partial charge is 0.247 e. The monoisotopic (exact) mass is 552 g/mol. The molecule has 6 rings (SSSR count). The molecule has 208 valence electrons. The summed E-state index contributed by atoms with van der Waals surface area (Å²) in [6.07, 6.45) is 3.50. The van der Waals surface area contributed by atoms with Crippen LogP contribution in [0.5, 0.6) is 0 Å². The summed E-state index contributed by atoms with van der Waals surface area (Å²) in [5.74, 6) is -0.967. The van der Waals surface area contributed by atoms with E-state index in [9.17, 15) is 18.8 Å². The van der Waals surface area contributed by atoms with Gasteiger partial charge in [0.1, 0.15) is 18.8 Å². The van der Waals surface area contributed by atoms with Crippen molar-refractivity contribution in [3.05, 3.63) is 77.9 Å². The lowest BCUT2D eigenvalue weighted by molar-refractivity contribution is -0.137. The van der Waals surface area contributed by atoms with Gasteiger partial charge >= 0.3 is 0 Å². The van der Waals surface area contributed by atoms with Crippen molar-refractivity contribution in [2.24, 2.45) is 0 Å². The van der Waals surface area contributed by atoms with Crippen LogP contribution in [0.15, 0.2) is 61.1 Å². The molecule has 1 saturated heterocycles. The number of anilines is 1. The minimum absolute atomic E-state index is 0.0729. The molecule has 0 radical (unpaired) electrons. The summed E-state index contributed by atoms with van der Waals surface area (Å²) in [6.45, 7) is 5.17. The standard InChI is InChI=1S/C31H29FN6O3/c1-17-18(2)35-27-6-5-23(12-24(17)27)36-31(41)29-11-22(32)14-38(29)30(40)16-37-15-26(19(3)39)25-10-20(4-7-28(25)37)21-8-9-33-34-13-21/h4-10,12-13,15,22,29,35H,11,14,16H2,1-3H3,(H,36,41)/t22-,29?/m1/s1. The maximum absolute atomic E-state index is 14.6. The van der Waals surface area contributed by atoms with Crippen molar-refractivity contribution in [1.82, 2.24) is 24.6 Å². The number of aryl methyl sites for hydroxylation is 2. The Morgan fingerprint density at radius 3 is 2.63 bits per heavy atom. The number of rotatable bonds is 6. The van der Waals surface area contributed by atoms with E-state index in [1.807, 2.05) is 50.2 Å². The molecule has 9 nitrogen and oxygen atoms in total. The zero-order valence-corrected chi connectivity index (χ0v) is 22.9. The van der Waals surface area contributed by atoms with Crippen molar-refractivity contribution in [2.75, 3.05) is 11.9 Å². The first-order chi connectivity index (χ1) is 19.7. The fourth-order valence-electron chi connectivity index (χ4n) is 5.66. The number of aromatic nitrogens is 4. The SMILES string of the molecule is CC(=O)c1cn(CC(=O)N2C[C@H](F)CC2C(=O)Nc2ccc3[nH]c(C)c(C)c3c2)c2ccc(-c3ccnnc3)cc12. The third-order valence-electron chi connectivity index (χ3n) is 7.93. The Morgan fingerprint density at radius 2 is 1.88 bits per heavy atom. The van der Waals surface area contributed by atoms with E-state index in [-0.39, 0.29) is 25.3 Å². The minimum Gasteiger partial charge on any atom is -0.358 e. The van der Waals surface area contributed by atoms with Gasteiger partial charge in [-0.2, -0.15) is 10.2 Å². The van der Waals surface area contributed by atoms with Crippen LogP contribution in [0.1, 0.15) is 35.0 Å². The Balaban J connectivity index is 1.25. The van der Waals surface area contributed by atoms with Gasteiger partial charge in [0, 0.05) is 56.9 Å². The summed E-state index contributed by atoms with van der Waals surface area (Å²) in [4.78, 5) is 43.9. The number of nitrogens with one attached hydrogen (secondary N) is 2. The lowest BCUT2D eigenvalue weighted by Crippen LogP contribution is -2.44. The second-order valence-electron chi connectivity index (χ2n) is 10.6. The third kappa shape index (κ3) is 4.86. The number of carbonyl (C=O) groups is 3. The zero-order valence-electron chi connectivity index (χ0n) is 22.9. The van der Waals surface area contributed by atoms with Crippen LogP contribution in [0.3, 0.4) is 0 Å². The molecule has 0 bridgehead atoms. The summed E-state index contributed by atoms with van der Waals surface area (Å²) < 4.78 is 16.3. The molecule has 0 aliphatic carbocycles. The number of hydrogen-bond acceptors (Lipinski definition) is 5. The average Bonchev–Trinajstić information content (AvgIpc) is 3.62. The molecule has 1 aliphatic heterocycles. The van der Waals surface area contributed by atoms with Gasteiger partial charge in [-0.3, -0.25) is 14.4 Å². The summed E-state index contributed by atoms with van der Waals surface area (Å²) in [5, 5.41) is 12.3. The molecule has 4 heterocycles. The van der Waals surface area contributed by atoms with E-state index in [4.69, 9.17) is 0 Å². The molecule has 10 heteroatoms. The fraction of sp³-hybridized carbons (Fsp3) is 0.258. The number of amides is 2. The van der Waals surface area contributed by atoms with Crippen LogP contribution in [-0.4, -0.2) is 61.0 Å². The molecule has 2 aromatic carbocycles. The highest BCUT2D eigenvalue weighted by atomic mass is 19.1. The van der Waals surface area contributed by atoms with Crippen molar-refractivity contribution in [1.29, 1.82) is 0 Å². The molecule has 41 heavy (non-hydrogen) atoms. The Kier molecular flexibility index (Phi) is 6.61. The molecule has 1 aliphatic rings. The quantitative estimate of drug-likeness (QED) is 0.289. The second-order valence-corrected chi connectivity index (χ2v) is 10.6. The lowest BCUT2D eigenvalue weighted by atomic mass is 10.0. The number of alkyl halides is 1. The number of halogens is 1. The highest BCUT2D eigenvalue weighted by molar-refractivity contribution is 6.08. The summed E-state index contributed by atoms with van der Waals surface area (Å²) in [6, 6.07) is 12.1. The van der Waals surface area contributed by atoms with Crippen molar-refractivity contribution in [3.8, 4) is 11.1 Å². The molecule has 2 atom stereocenters.